The first-order chi connectivity index (χ1) is 18.3. The van der Waals surface area contributed by atoms with Crippen molar-refractivity contribution in [3.63, 3.8) is 0 Å². The number of hydrogen-bond acceptors (Lipinski definition) is 5. The van der Waals surface area contributed by atoms with Crippen molar-refractivity contribution in [1.82, 2.24) is 15.5 Å². The Balaban J connectivity index is 3.53. The first-order valence-electron chi connectivity index (χ1n) is 14.2. The third-order valence-electron chi connectivity index (χ3n) is 6.53. The second kappa shape index (κ2) is 16.8. The highest BCUT2D eigenvalue weighted by atomic mass is 16.6. The Bertz CT molecular complexity index is 957. The van der Waals surface area contributed by atoms with Crippen molar-refractivity contribution < 1.29 is 23.9 Å². The summed E-state index contributed by atoms with van der Waals surface area (Å²) in [5.41, 5.74) is 7.28. The van der Waals surface area contributed by atoms with Gasteiger partial charge in [-0.2, -0.15) is 0 Å². The van der Waals surface area contributed by atoms with Crippen LogP contribution in [-0.2, 0) is 19.1 Å². The van der Waals surface area contributed by atoms with Crippen LogP contribution in [0.25, 0.3) is 0 Å². The van der Waals surface area contributed by atoms with Crippen molar-refractivity contribution in [1.29, 1.82) is 0 Å². The third kappa shape index (κ3) is 12.1. The first kappa shape index (κ1) is 33.9. The average molecular weight is 547 g/mol. The lowest BCUT2D eigenvalue weighted by atomic mass is 9.94. The standard InChI is InChI=1S/C30H50N4O5/c1-8-10-12-19-32-27(36)26(23-16-14-15-21(3)22(23)4)34(20-13-11-9-2)28(37)24(17-18-25(31)35)33-29(38)39-30(5,6)7/h14-16,24,26H,8-13,17-20H2,1-7H3,(H2,31,35)(H,32,36)(H,33,38). The minimum absolute atomic E-state index is 0.00464. The molecule has 220 valence electrons. The number of carbonyl (C=O) groups excluding carboxylic acids is 4. The molecule has 0 aliphatic carbocycles. The molecule has 0 saturated carbocycles. The van der Waals surface area contributed by atoms with Gasteiger partial charge in [-0.3, -0.25) is 14.4 Å². The third-order valence-corrected chi connectivity index (χ3v) is 6.53. The number of benzene rings is 1. The van der Waals surface area contributed by atoms with Gasteiger partial charge in [-0.05, 0) is 70.6 Å². The van der Waals surface area contributed by atoms with Crippen molar-refractivity contribution in [2.75, 3.05) is 13.1 Å². The van der Waals surface area contributed by atoms with Gasteiger partial charge in [0.15, 0.2) is 0 Å². The quantitative estimate of drug-likeness (QED) is 0.256. The van der Waals surface area contributed by atoms with Crippen LogP contribution in [0, 0.1) is 13.8 Å². The van der Waals surface area contributed by atoms with E-state index in [2.05, 4.69) is 24.5 Å². The number of nitrogens with one attached hydrogen (secondary N) is 2. The molecular weight excluding hydrogens is 496 g/mol. The van der Waals surface area contributed by atoms with Gasteiger partial charge in [-0.1, -0.05) is 57.7 Å². The molecule has 9 nitrogen and oxygen atoms in total. The predicted molar refractivity (Wildman–Crippen MR) is 154 cm³/mol. The van der Waals surface area contributed by atoms with Crippen LogP contribution >= 0.6 is 0 Å². The van der Waals surface area contributed by atoms with Crippen LogP contribution in [0.3, 0.4) is 0 Å². The number of ether oxygens (including phenoxy) is 1. The van der Waals surface area contributed by atoms with Gasteiger partial charge in [0, 0.05) is 19.5 Å². The second-order valence-corrected chi connectivity index (χ2v) is 11.1. The number of aryl methyl sites for hydroxylation is 1. The molecule has 0 fully saturated rings. The van der Waals surface area contributed by atoms with Crippen LogP contribution in [0.5, 0.6) is 0 Å². The molecule has 0 aliphatic rings. The number of nitrogens with zero attached hydrogens (tertiary/aromatic N) is 1. The molecule has 1 aromatic carbocycles. The molecule has 0 saturated heterocycles. The number of unbranched alkanes of at least 4 members (excludes halogenated alkanes) is 4. The highest BCUT2D eigenvalue weighted by Gasteiger charge is 2.36. The molecule has 0 aromatic heterocycles. The summed E-state index contributed by atoms with van der Waals surface area (Å²) < 4.78 is 5.39. The highest BCUT2D eigenvalue weighted by Crippen LogP contribution is 2.28. The molecule has 39 heavy (non-hydrogen) atoms. The number of hydrogen-bond donors (Lipinski definition) is 3. The minimum Gasteiger partial charge on any atom is -0.444 e. The summed E-state index contributed by atoms with van der Waals surface area (Å²) in [4.78, 5) is 53.8. The first-order valence-corrected chi connectivity index (χ1v) is 14.2. The summed E-state index contributed by atoms with van der Waals surface area (Å²) in [7, 11) is 0. The zero-order valence-electron chi connectivity index (χ0n) is 25.0. The summed E-state index contributed by atoms with van der Waals surface area (Å²) in [6.07, 6.45) is 4.45. The van der Waals surface area contributed by atoms with Gasteiger partial charge >= 0.3 is 6.09 Å². The lowest BCUT2D eigenvalue weighted by Gasteiger charge is -2.35. The largest absolute Gasteiger partial charge is 0.444 e. The lowest BCUT2D eigenvalue weighted by molar-refractivity contribution is -0.142. The van der Waals surface area contributed by atoms with Gasteiger partial charge in [0.25, 0.3) is 0 Å². The van der Waals surface area contributed by atoms with Crippen molar-refractivity contribution in [3.8, 4) is 0 Å². The molecule has 0 spiro atoms. The van der Waals surface area contributed by atoms with Gasteiger partial charge in [0.05, 0.1) is 0 Å². The molecule has 1 aromatic rings. The normalized spacial score (nSPS) is 12.8. The van der Waals surface area contributed by atoms with Gasteiger partial charge < -0.3 is 26.0 Å². The SMILES string of the molecule is CCCCCNC(=O)C(c1cccc(C)c1C)N(CCCCC)C(=O)C(CCC(N)=O)NC(=O)OC(C)(C)C. The Morgan fingerprint density at radius 2 is 1.64 bits per heavy atom. The maximum Gasteiger partial charge on any atom is 0.408 e. The molecule has 0 heterocycles. The summed E-state index contributed by atoms with van der Waals surface area (Å²) in [6.45, 7) is 14.1. The Morgan fingerprint density at radius 3 is 2.23 bits per heavy atom. The molecule has 0 bridgehead atoms. The van der Waals surface area contributed by atoms with E-state index in [0.29, 0.717) is 19.5 Å². The minimum atomic E-state index is -1.09. The molecule has 2 unspecified atom stereocenters. The van der Waals surface area contributed by atoms with E-state index in [1.807, 2.05) is 32.0 Å². The Hall–Kier alpha value is -3.10. The van der Waals surface area contributed by atoms with Crippen LogP contribution in [-0.4, -0.2) is 53.4 Å². The number of amides is 4. The topological polar surface area (TPSA) is 131 Å². The summed E-state index contributed by atoms with van der Waals surface area (Å²) in [5.74, 6) is -1.31. The molecule has 0 radical (unpaired) electrons. The Morgan fingerprint density at radius 1 is 1.00 bits per heavy atom. The van der Waals surface area contributed by atoms with E-state index in [1.54, 1.807) is 25.7 Å². The molecule has 9 heteroatoms. The predicted octanol–water partition coefficient (Wildman–Crippen LogP) is 4.83. The smallest absolute Gasteiger partial charge is 0.408 e. The summed E-state index contributed by atoms with van der Waals surface area (Å²) in [6, 6.07) is 3.74. The van der Waals surface area contributed by atoms with Gasteiger partial charge in [0.1, 0.15) is 17.7 Å². The number of nitrogens with two attached hydrogens (primary N) is 1. The van der Waals surface area contributed by atoms with E-state index in [-0.39, 0.29) is 18.7 Å². The molecule has 4 amide bonds. The van der Waals surface area contributed by atoms with Crippen molar-refractivity contribution in [3.05, 3.63) is 34.9 Å². The number of carbonyl (C=O) groups is 4. The van der Waals surface area contributed by atoms with Gasteiger partial charge in [0.2, 0.25) is 17.7 Å². The molecule has 2 atom stereocenters. The van der Waals surface area contributed by atoms with Crippen LogP contribution in [0.1, 0.15) is 109 Å². The second-order valence-electron chi connectivity index (χ2n) is 11.1. The average Bonchev–Trinajstić information content (AvgIpc) is 2.84. The fraction of sp³-hybridized carbons (Fsp3) is 0.667. The van der Waals surface area contributed by atoms with Crippen molar-refractivity contribution >= 4 is 23.8 Å². The van der Waals surface area contributed by atoms with Crippen LogP contribution in [0.2, 0.25) is 0 Å². The Labute approximate surface area is 234 Å². The van der Waals surface area contributed by atoms with Crippen molar-refractivity contribution in [2.24, 2.45) is 5.73 Å². The maximum atomic E-state index is 14.2. The molecule has 0 aliphatic heterocycles. The summed E-state index contributed by atoms with van der Waals surface area (Å²) in [5, 5.41) is 5.67. The molecule has 4 N–H and O–H groups in total. The molecule has 1 rings (SSSR count). The summed E-state index contributed by atoms with van der Waals surface area (Å²) >= 11 is 0. The van der Waals surface area contributed by atoms with Crippen molar-refractivity contribution in [2.45, 2.75) is 118 Å². The fourth-order valence-electron chi connectivity index (χ4n) is 4.30. The number of primary amides is 1. The van der Waals surface area contributed by atoms with Crippen LogP contribution in [0.4, 0.5) is 4.79 Å². The monoisotopic (exact) mass is 546 g/mol. The number of alkyl carbamates (subject to hydrolysis) is 1. The van der Waals surface area contributed by atoms with E-state index >= 15 is 0 Å². The highest BCUT2D eigenvalue weighted by molar-refractivity contribution is 5.92. The maximum absolute atomic E-state index is 14.2. The van der Waals surface area contributed by atoms with E-state index < -0.39 is 35.6 Å². The number of rotatable bonds is 16. The van der Waals surface area contributed by atoms with Crippen LogP contribution in [0.15, 0.2) is 18.2 Å². The van der Waals surface area contributed by atoms with E-state index in [9.17, 15) is 19.2 Å². The molecular formula is C30H50N4O5. The van der Waals surface area contributed by atoms with E-state index in [4.69, 9.17) is 10.5 Å². The lowest BCUT2D eigenvalue weighted by Crippen LogP contribution is -2.53. The fourth-order valence-corrected chi connectivity index (χ4v) is 4.30. The van der Waals surface area contributed by atoms with E-state index in [0.717, 1.165) is 48.8 Å². The van der Waals surface area contributed by atoms with Gasteiger partial charge in [-0.15, -0.1) is 0 Å². The van der Waals surface area contributed by atoms with E-state index in [1.165, 1.54) is 0 Å². The van der Waals surface area contributed by atoms with Crippen LogP contribution < -0.4 is 16.4 Å². The van der Waals surface area contributed by atoms with Gasteiger partial charge in [-0.25, -0.2) is 4.79 Å². The Kier molecular flexibility index (Phi) is 14.6. The zero-order chi connectivity index (χ0) is 29.6. The zero-order valence-corrected chi connectivity index (χ0v) is 25.0.